The summed E-state index contributed by atoms with van der Waals surface area (Å²) in [6, 6.07) is 3.80. The van der Waals surface area contributed by atoms with Gasteiger partial charge in [-0.1, -0.05) is 0 Å². The molecule has 1 aromatic rings. The van der Waals surface area contributed by atoms with Crippen molar-refractivity contribution in [2.24, 2.45) is 0 Å². The van der Waals surface area contributed by atoms with Crippen LogP contribution in [0.15, 0.2) is 18.3 Å². The van der Waals surface area contributed by atoms with Crippen molar-refractivity contribution in [3.05, 3.63) is 29.6 Å². The SMILES string of the molecule is COC(=O)c1ccc(CN2CCC[C@H]2CO)nc1. The van der Waals surface area contributed by atoms with E-state index in [1.807, 2.05) is 6.07 Å². The molecule has 0 radical (unpaired) electrons. The van der Waals surface area contributed by atoms with Crippen LogP contribution < -0.4 is 0 Å². The first-order valence-electron chi connectivity index (χ1n) is 6.12. The van der Waals surface area contributed by atoms with E-state index in [0.717, 1.165) is 25.1 Å². The number of hydrogen-bond donors (Lipinski definition) is 1. The molecule has 5 heteroatoms. The Balaban J connectivity index is 2.00. The van der Waals surface area contributed by atoms with Gasteiger partial charge in [-0.05, 0) is 31.5 Å². The van der Waals surface area contributed by atoms with E-state index in [1.165, 1.54) is 13.3 Å². The highest BCUT2D eigenvalue weighted by molar-refractivity contribution is 5.88. The van der Waals surface area contributed by atoms with Crippen LogP contribution in [0.4, 0.5) is 0 Å². The van der Waals surface area contributed by atoms with E-state index in [9.17, 15) is 9.90 Å². The molecule has 1 saturated heterocycles. The Labute approximate surface area is 106 Å². The number of rotatable bonds is 4. The molecule has 18 heavy (non-hydrogen) atoms. The van der Waals surface area contributed by atoms with Gasteiger partial charge in [-0.3, -0.25) is 9.88 Å². The molecule has 1 aliphatic rings. The van der Waals surface area contributed by atoms with Gasteiger partial charge < -0.3 is 9.84 Å². The number of aliphatic hydroxyl groups excluding tert-OH is 1. The van der Waals surface area contributed by atoms with Crippen LogP contribution in [-0.4, -0.2) is 47.3 Å². The zero-order valence-electron chi connectivity index (χ0n) is 10.5. The molecule has 1 aromatic heterocycles. The second-order valence-electron chi connectivity index (χ2n) is 4.48. The number of aromatic nitrogens is 1. The molecule has 1 N–H and O–H groups in total. The lowest BCUT2D eigenvalue weighted by atomic mass is 10.2. The van der Waals surface area contributed by atoms with Gasteiger partial charge in [0.05, 0.1) is 25.0 Å². The summed E-state index contributed by atoms with van der Waals surface area (Å²) in [6.45, 7) is 1.90. The third-order valence-corrected chi connectivity index (χ3v) is 3.32. The first-order valence-corrected chi connectivity index (χ1v) is 6.12. The Hall–Kier alpha value is -1.46. The Morgan fingerprint density at radius 3 is 3.06 bits per heavy atom. The van der Waals surface area contributed by atoms with Crippen molar-refractivity contribution in [1.29, 1.82) is 0 Å². The van der Waals surface area contributed by atoms with Crippen LogP contribution in [0, 0.1) is 0 Å². The van der Waals surface area contributed by atoms with Crippen LogP contribution >= 0.6 is 0 Å². The number of pyridine rings is 1. The van der Waals surface area contributed by atoms with Crippen LogP contribution in [0.3, 0.4) is 0 Å². The number of carbonyl (C=O) groups excluding carboxylic acids is 1. The second-order valence-corrected chi connectivity index (χ2v) is 4.48. The summed E-state index contributed by atoms with van der Waals surface area (Å²) in [6.07, 6.45) is 3.69. The third-order valence-electron chi connectivity index (χ3n) is 3.32. The van der Waals surface area contributed by atoms with E-state index in [-0.39, 0.29) is 18.6 Å². The molecule has 1 atom stereocenters. The van der Waals surface area contributed by atoms with E-state index in [1.54, 1.807) is 6.07 Å². The fraction of sp³-hybridized carbons (Fsp3) is 0.538. The molecule has 0 aromatic carbocycles. The van der Waals surface area contributed by atoms with Crippen LogP contribution in [-0.2, 0) is 11.3 Å². The summed E-state index contributed by atoms with van der Waals surface area (Å²) in [7, 11) is 1.35. The van der Waals surface area contributed by atoms with Gasteiger partial charge in [0.25, 0.3) is 0 Å². The minimum Gasteiger partial charge on any atom is -0.465 e. The number of hydrogen-bond acceptors (Lipinski definition) is 5. The highest BCUT2D eigenvalue weighted by Crippen LogP contribution is 2.18. The van der Waals surface area contributed by atoms with Crippen molar-refractivity contribution < 1.29 is 14.6 Å². The van der Waals surface area contributed by atoms with Gasteiger partial charge in [0.1, 0.15) is 0 Å². The van der Waals surface area contributed by atoms with Crippen molar-refractivity contribution >= 4 is 5.97 Å². The summed E-state index contributed by atoms with van der Waals surface area (Å²) in [5.74, 6) is -0.372. The maximum Gasteiger partial charge on any atom is 0.339 e. The van der Waals surface area contributed by atoms with Gasteiger partial charge in [-0.25, -0.2) is 4.79 Å². The maximum absolute atomic E-state index is 11.3. The Kier molecular flexibility index (Phi) is 4.28. The zero-order chi connectivity index (χ0) is 13.0. The summed E-state index contributed by atoms with van der Waals surface area (Å²) >= 11 is 0. The molecular weight excluding hydrogens is 232 g/mol. The van der Waals surface area contributed by atoms with Crippen molar-refractivity contribution in [3.8, 4) is 0 Å². The van der Waals surface area contributed by atoms with Gasteiger partial charge in [0.15, 0.2) is 0 Å². The normalized spacial score (nSPS) is 20.0. The van der Waals surface area contributed by atoms with E-state index >= 15 is 0 Å². The molecule has 0 spiro atoms. The van der Waals surface area contributed by atoms with Gasteiger partial charge in [0.2, 0.25) is 0 Å². The first kappa shape index (κ1) is 13.0. The monoisotopic (exact) mass is 250 g/mol. The molecule has 1 aliphatic heterocycles. The predicted molar refractivity (Wildman–Crippen MR) is 66.1 cm³/mol. The molecule has 0 aliphatic carbocycles. The molecule has 0 unspecified atom stereocenters. The Morgan fingerprint density at radius 1 is 1.61 bits per heavy atom. The van der Waals surface area contributed by atoms with E-state index in [2.05, 4.69) is 14.6 Å². The summed E-state index contributed by atoms with van der Waals surface area (Å²) in [4.78, 5) is 17.7. The minimum atomic E-state index is -0.372. The van der Waals surface area contributed by atoms with Crippen molar-refractivity contribution in [3.63, 3.8) is 0 Å². The first-order chi connectivity index (χ1) is 8.74. The van der Waals surface area contributed by atoms with Crippen LogP contribution in [0.5, 0.6) is 0 Å². The van der Waals surface area contributed by atoms with E-state index in [4.69, 9.17) is 0 Å². The second kappa shape index (κ2) is 5.93. The number of nitrogens with zero attached hydrogens (tertiary/aromatic N) is 2. The van der Waals surface area contributed by atoms with Gasteiger partial charge in [-0.15, -0.1) is 0 Å². The number of aliphatic hydroxyl groups is 1. The molecule has 98 valence electrons. The summed E-state index contributed by atoms with van der Waals surface area (Å²) in [5.41, 5.74) is 1.37. The predicted octanol–water partition coefficient (Wildman–Crippen LogP) is 0.825. The Bertz CT molecular complexity index is 405. The highest BCUT2D eigenvalue weighted by atomic mass is 16.5. The average molecular weight is 250 g/mol. The number of carbonyl (C=O) groups is 1. The highest BCUT2D eigenvalue weighted by Gasteiger charge is 2.23. The van der Waals surface area contributed by atoms with Crippen molar-refractivity contribution in [1.82, 2.24) is 9.88 Å². The van der Waals surface area contributed by atoms with Crippen molar-refractivity contribution in [2.45, 2.75) is 25.4 Å². The summed E-state index contributed by atoms with van der Waals surface area (Å²) < 4.78 is 4.62. The molecule has 0 saturated carbocycles. The molecule has 2 heterocycles. The smallest absolute Gasteiger partial charge is 0.339 e. The van der Waals surface area contributed by atoms with Crippen molar-refractivity contribution in [2.75, 3.05) is 20.3 Å². The van der Waals surface area contributed by atoms with Crippen LogP contribution in [0.2, 0.25) is 0 Å². The lowest BCUT2D eigenvalue weighted by Gasteiger charge is -2.21. The molecule has 5 nitrogen and oxygen atoms in total. The largest absolute Gasteiger partial charge is 0.465 e. The number of methoxy groups -OCH3 is 1. The minimum absolute atomic E-state index is 0.195. The molecule has 1 fully saturated rings. The average Bonchev–Trinajstić information content (AvgIpc) is 2.86. The van der Waals surface area contributed by atoms with Gasteiger partial charge >= 0.3 is 5.97 Å². The third kappa shape index (κ3) is 2.86. The molecule has 0 bridgehead atoms. The number of likely N-dealkylation sites (tertiary alicyclic amines) is 1. The summed E-state index contributed by atoms with van der Waals surface area (Å²) in [5, 5.41) is 9.24. The zero-order valence-corrected chi connectivity index (χ0v) is 10.5. The molecule has 0 amide bonds. The van der Waals surface area contributed by atoms with Crippen LogP contribution in [0.25, 0.3) is 0 Å². The number of ether oxygens (including phenoxy) is 1. The van der Waals surface area contributed by atoms with Gasteiger partial charge in [0, 0.05) is 18.8 Å². The Morgan fingerprint density at radius 2 is 2.44 bits per heavy atom. The lowest BCUT2D eigenvalue weighted by Crippen LogP contribution is -2.31. The van der Waals surface area contributed by atoms with E-state index < -0.39 is 0 Å². The lowest BCUT2D eigenvalue weighted by molar-refractivity contribution is 0.0600. The van der Waals surface area contributed by atoms with Crippen LogP contribution in [0.1, 0.15) is 28.9 Å². The number of esters is 1. The molecule has 2 rings (SSSR count). The topological polar surface area (TPSA) is 62.7 Å². The van der Waals surface area contributed by atoms with E-state index in [0.29, 0.717) is 12.1 Å². The fourth-order valence-corrected chi connectivity index (χ4v) is 2.27. The quantitative estimate of drug-likeness (QED) is 0.802. The standard InChI is InChI=1S/C13H18N2O3/c1-18-13(17)10-4-5-11(14-7-10)8-15-6-2-3-12(15)9-16/h4-5,7,12,16H,2-3,6,8-9H2,1H3/t12-/m0/s1. The maximum atomic E-state index is 11.3. The van der Waals surface area contributed by atoms with Gasteiger partial charge in [-0.2, -0.15) is 0 Å². The fourth-order valence-electron chi connectivity index (χ4n) is 2.27. The molecular formula is C13H18N2O3.